The molecule has 0 amide bonds. The minimum atomic E-state index is 0.797. The van der Waals surface area contributed by atoms with Crippen LogP contribution in [0.3, 0.4) is 0 Å². The van der Waals surface area contributed by atoms with E-state index in [4.69, 9.17) is 9.47 Å². The third-order valence-corrected chi connectivity index (χ3v) is 8.34. The van der Waals surface area contributed by atoms with E-state index in [1.807, 2.05) is 24.3 Å². The van der Waals surface area contributed by atoms with Gasteiger partial charge in [-0.25, -0.2) is 0 Å². The summed E-state index contributed by atoms with van der Waals surface area (Å²) in [7, 11) is 3.44. The van der Waals surface area contributed by atoms with Crippen molar-refractivity contribution in [2.24, 2.45) is 0 Å². The Labute approximate surface area is 277 Å². The van der Waals surface area contributed by atoms with Gasteiger partial charge in [0.25, 0.3) is 0 Å². The second-order valence-corrected chi connectivity index (χ2v) is 11.9. The van der Waals surface area contributed by atoms with Gasteiger partial charge in [0, 0.05) is 50.4 Å². The van der Waals surface area contributed by atoms with E-state index in [1.165, 1.54) is 71.9 Å². The van der Waals surface area contributed by atoms with Gasteiger partial charge in [-0.05, 0) is 60.3 Å². The highest BCUT2D eigenvalue weighted by Crippen LogP contribution is 2.18. The van der Waals surface area contributed by atoms with E-state index >= 15 is 0 Å². The predicted octanol–water partition coefficient (Wildman–Crippen LogP) is 7.50. The van der Waals surface area contributed by atoms with Gasteiger partial charge in [0.15, 0.2) is 0 Å². The zero-order valence-electron chi connectivity index (χ0n) is 28.0. The molecule has 4 rings (SSSR count). The monoisotopic (exact) mass is 622 g/mol. The highest BCUT2D eigenvalue weighted by Gasteiger charge is 2.03. The zero-order chi connectivity index (χ0) is 32.1. The number of unbranched alkanes of at least 4 members (excludes halogenated alkanes) is 5. The van der Waals surface area contributed by atoms with Crippen molar-refractivity contribution in [1.29, 1.82) is 0 Å². The van der Waals surface area contributed by atoms with Crippen LogP contribution in [0.2, 0.25) is 0 Å². The second kappa shape index (κ2) is 21.2. The van der Waals surface area contributed by atoms with E-state index in [0.717, 1.165) is 63.9 Å². The molecule has 0 saturated heterocycles. The molecule has 4 aromatic carbocycles. The molecule has 0 aromatic heterocycles. The number of hydrogen-bond acceptors (Lipinski definition) is 6. The highest BCUT2D eigenvalue weighted by atomic mass is 16.5. The van der Waals surface area contributed by atoms with Crippen molar-refractivity contribution < 1.29 is 9.47 Å². The maximum Gasteiger partial charge on any atom is 0.123 e. The molecule has 6 heteroatoms. The summed E-state index contributed by atoms with van der Waals surface area (Å²) in [6, 6.07) is 34.2. The van der Waals surface area contributed by atoms with Crippen LogP contribution in [0.25, 0.3) is 0 Å². The fraction of sp³-hybridized carbons (Fsp3) is 0.400. The largest absolute Gasteiger partial charge is 0.496 e. The van der Waals surface area contributed by atoms with Crippen LogP contribution in [-0.2, 0) is 39.3 Å². The number of para-hydroxylation sites is 2. The molecule has 0 heterocycles. The Morgan fingerprint density at radius 3 is 1.07 bits per heavy atom. The SMILES string of the molecule is COc1ccccc1CNCc1ccc(CNCCCCCCCCNCc2ccc(CNCc3ccccc3OC)cc2)cc1. The van der Waals surface area contributed by atoms with Gasteiger partial charge >= 0.3 is 0 Å². The molecule has 0 unspecified atom stereocenters. The first-order chi connectivity index (χ1) is 22.7. The summed E-state index contributed by atoms with van der Waals surface area (Å²) >= 11 is 0. The lowest BCUT2D eigenvalue weighted by Crippen LogP contribution is -2.15. The van der Waals surface area contributed by atoms with Crippen molar-refractivity contribution in [2.45, 2.75) is 77.8 Å². The zero-order valence-corrected chi connectivity index (χ0v) is 28.0. The van der Waals surface area contributed by atoms with Crippen LogP contribution in [0.5, 0.6) is 11.5 Å². The topological polar surface area (TPSA) is 66.6 Å². The summed E-state index contributed by atoms with van der Waals surface area (Å²) in [5.41, 5.74) is 7.65. The normalized spacial score (nSPS) is 11.1. The van der Waals surface area contributed by atoms with Crippen molar-refractivity contribution in [3.63, 3.8) is 0 Å². The molecule has 0 fully saturated rings. The maximum absolute atomic E-state index is 5.44. The lowest BCUT2D eigenvalue weighted by molar-refractivity contribution is 0.407. The van der Waals surface area contributed by atoms with E-state index < -0.39 is 0 Å². The van der Waals surface area contributed by atoms with Crippen LogP contribution in [0.1, 0.15) is 71.9 Å². The quantitative estimate of drug-likeness (QED) is 0.0643. The van der Waals surface area contributed by atoms with Gasteiger partial charge in [0.2, 0.25) is 0 Å². The second-order valence-electron chi connectivity index (χ2n) is 11.9. The third-order valence-electron chi connectivity index (χ3n) is 8.34. The number of hydrogen-bond donors (Lipinski definition) is 4. The molecule has 0 radical (unpaired) electrons. The molecular formula is C40H54N4O2. The lowest BCUT2D eigenvalue weighted by atomic mass is 10.1. The third kappa shape index (κ3) is 13.0. The molecule has 0 aliphatic rings. The van der Waals surface area contributed by atoms with Crippen LogP contribution in [0, 0.1) is 0 Å². The summed E-state index contributed by atoms with van der Waals surface area (Å²) < 4.78 is 10.9. The van der Waals surface area contributed by atoms with Crippen LogP contribution in [0.4, 0.5) is 0 Å². The molecular weight excluding hydrogens is 568 g/mol. The highest BCUT2D eigenvalue weighted by molar-refractivity contribution is 5.34. The Morgan fingerprint density at radius 2 is 0.696 bits per heavy atom. The van der Waals surface area contributed by atoms with Gasteiger partial charge in [-0.2, -0.15) is 0 Å². The van der Waals surface area contributed by atoms with Gasteiger partial charge in [0.05, 0.1) is 14.2 Å². The standard InChI is InChI=1S/C40H54N4O2/c1-45-39-15-9-7-13-37(39)31-43-29-35-21-17-33(18-22-35)27-41-25-11-5-3-4-6-12-26-42-28-34-19-23-36(24-20-34)30-44-32-38-14-8-10-16-40(38)46-2/h7-10,13-24,41-44H,3-6,11-12,25-32H2,1-2H3. The Hall–Kier alpha value is -3.68. The summed E-state index contributed by atoms with van der Waals surface area (Å²) in [6.45, 7) is 7.33. The van der Waals surface area contributed by atoms with Crippen LogP contribution >= 0.6 is 0 Å². The lowest BCUT2D eigenvalue weighted by Gasteiger charge is -2.10. The predicted molar refractivity (Wildman–Crippen MR) is 191 cm³/mol. The van der Waals surface area contributed by atoms with E-state index in [0.29, 0.717) is 0 Å². The van der Waals surface area contributed by atoms with Gasteiger partial charge < -0.3 is 30.7 Å². The molecule has 0 aliphatic carbocycles. The first kappa shape index (κ1) is 35.2. The van der Waals surface area contributed by atoms with E-state index in [1.54, 1.807) is 14.2 Å². The number of nitrogens with one attached hydrogen (secondary N) is 4. The summed E-state index contributed by atoms with van der Waals surface area (Å²) in [5.74, 6) is 1.87. The van der Waals surface area contributed by atoms with Gasteiger partial charge in [-0.3, -0.25) is 0 Å². The number of benzene rings is 4. The van der Waals surface area contributed by atoms with E-state index in [9.17, 15) is 0 Å². The smallest absolute Gasteiger partial charge is 0.123 e. The Kier molecular flexibility index (Phi) is 16.2. The Bertz CT molecular complexity index is 1270. The van der Waals surface area contributed by atoms with E-state index in [2.05, 4.69) is 94.1 Å². The van der Waals surface area contributed by atoms with Crippen LogP contribution in [0.15, 0.2) is 97.1 Å². The molecule has 6 nitrogen and oxygen atoms in total. The summed E-state index contributed by atoms with van der Waals surface area (Å²) in [4.78, 5) is 0. The molecule has 0 saturated carbocycles. The molecule has 0 aliphatic heterocycles. The fourth-order valence-electron chi connectivity index (χ4n) is 5.60. The van der Waals surface area contributed by atoms with Crippen molar-refractivity contribution in [3.8, 4) is 11.5 Å². The molecule has 4 N–H and O–H groups in total. The van der Waals surface area contributed by atoms with Gasteiger partial charge in [0.1, 0.15) is 11.5 Å². The van der Waals surface area contributed by atoms with E-state index in [-0.39, 0.29) is 0 Å². The van der Waals surface area contributed by atoms with Gasteiger partial charge in [-0.1, -0.05) is 111 Å². The van der Waals surface area contributed by atoms with Crippen molar-refractivity contribution in [3.05, 3.63) is 130 Å². The molecule has 4 aromatic rings. The average molecular weight is 623 g/mol. The van der Waals surface area contributed by atoms with Crippen molar-refractivity contribution >= 4 is 0 Å². The molecule has 46 heavy (non-hydrogen) atoms. The molecule has 0 spiro atoms. The van der Waals surface area contributed by atoms with Crippen LogP contribution in [-0.4, -0.2) is 27.3 Å². The minimum absolute atomic E-state index is 0.797. The summed E-state index contributed by atoms with van der Waals surface area (Å²) in [6.07, 6.45) is 7.74. The Morgan fingerprint density at radius 1 is 0.370 bits per heavy atom. The fourth-order valence-corrected chi connectivity index (χ4v) is 5.60. The maximum atomic E-state index is 5.44. The number of methoxy groups -OCH3 is 2. The number of ether oxygens (including phenoxy) is 2. The van der Waals surface area contributed by atoms with Gasteiger partial charge in [-0.15, -0.1) is 0 Å². The molecule has 0 atom stereocenters. The first-order valence-electron chi connectivity index (χ1n) is 17.0. The molecule has 246 valence electrons. The first-order valence-corrected chi connectivity index (χ1v) is 17.0. The minimum Gasteiger partial charge on any atom is -0.496 e. The van der Waals surface area contributed by atoms with Crippen molar-refractivity contribution in [1.82, 2.24) is 21.3 Å². The number of rotatable bonds is 23. The van der Waals surface area contributed by atoms with Crippen molar-refractivity contribution in [2.75, 3.05) is 27.3 Å². The molecule has 0 bridgehead atoms. The average Bonchev–Trinajstić information content (AvgIpc) is 3.10. The summed E-state index contributed by atoms with van der Waals surface area (Å²) in [5, 5.41) is 14.3. The van der Waals surface area contributed by atoms with Crippen LogP contribution < -0.4 is 30.7 Å². The Balaban J connectivity index is 0.942.